The lowest BCUT2D eigenvalue weighted by atomic mass is 10.1. The van der Waals surface area contributed by atoms with Crippen molar-refractivity contribution < 1.29 is 0 Å². The summed E-state index contributed by atoms with van der Waals surface area (Å²) in [5, 5.41) is 8.78. The lowest BCUT2D eigenvalue weighted by Crippen LogP contribution is -2.09. The molecule has 0 bridgehead atoms. The van der Waals surface area contributed by atoms with Crippen LogP contribution in [0.25, 0.3) is 0 Å². The molecule has 0 aromatic carbocycles. The second-order valence-electron chi connectivity index (χ2n) is 4.18. The van der Waals surface area contributed by atoms with Crippen LogP contribution in [0.5, 0.6) is 0 Å². The zero-order chi connectivity index (χ0) is 12.8. The smallest absolute Gasteiger partial charge is 0.127 e. The molecular formula is C14H19N3S. The molecular weight excluding hydrogens is 242 g/mol. The van der Waals surface area contributed by atoms with Gasteiger partial charge in [-0.2, -0.15) is 0 Å². The van der Waals surface area contributed by atoms with Crippen molar-refractivity contribution in [1.29, 1.82) is 0 Å². The molecule has 0 radical (unpaired) electrons. The second kappa shape index (κ2) is 6.40. The Labute approximate surface area is 112 Å². The van der Waals surface area contributed by atoms with E-state index in [0.717, 1.165) is 17.9 Å². The summed E-state index contributed by atoms with van der Waals surface area (Å²) in [6.07, 6.45) is 4.13. The molecule has 2 rings (SSSR count). The van der Waals surface area contributed by atoms with E-state index in [1.807, 2.05) is 25.4 Å². The molecule has 1 atom stereocenters. The molecule has 2 aromatic heterocycles. The van der Waals surface area contributed by atoms with E-state index in [-0.39, 0.29) is 0 Å². The molecule has 1 unspecified atom stereocenters. The Kier molecular flexibility index (Phi) is 4.59. The van der Waals surface area contributed by atoms with Gasteiger partial charge in [-0.15, -0.1) is 11.3 Å². The first kappa shape index (κ1) is 12.9. The van der Waals surface area contributed by atoms with Crippen molar-refractivity contribution in [3.8, 4) is 0 Å². The van der Waals surface area contributed by atoms with E-state index in [4.69, 9.17) is 0 Å². The van der Waals surface area contributed by atoms with Crippen molar-refractivity contribution in [3.63, 3.8) is 0 Å². The van der Waals surface area contributed by atoms with Crippen LogP contribution in [0, 0.1) is 0 Å². The van der Waals surface area contributed by atoms with Crippen LogP contribution >= 0.6 is 11.3 Å². The highest BCUT2D eigenvalue weighted by Crippen LogP contribution is 2.27. The van der Waals surface area contributed by atoms with Gasteiger partial charge in [0.2, 0.25) is 0 Å². The molecule has 0 amide bonds. The number of aromatic nitrogens is 1. The standard InChI is InChI=1S/C14H19N3S/c1-3-5-12(13-6-4-9-18-13)17-11-7-8-16-14(10-11)15-2/h4,6-10,12H,3,5H2,1-2H3,(H2,15,16,17). The number of anilines is 2. The molecule has 18 heavy (non-hydrogen) atoms. The van der Waals surface area contributed by atoms with Crippen LogP contribution in [0.2, 0.25) is 0 Å². The Morgan fingerprint density at radius 3 is 2.94 bits per heavy atom. The van der Waals surface area contributed by atoms with Crippen molar-refractivity contribution in [2.75, 3.05) is 17.7 Å². The Balaban J connectivity index is 2.13. The Bertz CT molecular complexity index is 468. The molecule has 0 saturated carbocycles. The topological polar surface area (TPSA) is 37.0 Å². The molecule has 96 valence electrons. The number of pyridine rings is 1. The number of rotatable bonds is 6. The third-order valence-corrected chi connectivity index (χ3v) is 3.81. The van der Waals surface area contributed by atoms with Crippen LogP contribution in [0.3, 0.4) is 0 Å². The molecule has 2 heterocycles. The van der Waals surface area contributed by atoms with E-state index < -0.39 is 0 Å². The molecule has 4 heteroatoms. The van der Waals surface area contributed by atoms with Crippen molar-refractivity contribution in [2.24, 2.45) is 0 Å². The summed E-state index contributed by atoms with van der Waals surface area (Å²) in [7, 11) is 1.88. The van der Waals surface area contributed by atoms with Gasteiger partial charge >= 0.3 is 0 Å². The Morgan fingerprint density at radius 1 is 1.39 bits per heavy atom. The van der Waals surface area contributed by atoms with Crippen LogP contribution < -0.4 is 10.6 Å². The average molecular weight is 261 g/mol. The first-order valence-electron chi connectivity index (χ1n) is 6.27. The van der Waals surface area contributed by atoms with Gasteiger partial charge in [0.15, 0.2) is 0 Å². The molecule has 0 saturated heterocycles. The average Bonchev–Trinajstić information content (AvgIpc) is 2.92. The number of nitrogens with zero attached hydrogens (tertiary/aromatic N) is 1. The molecule has 0 aliphatic rings. The maximum absolute atomic E-state index is 4.23. The zero-order valence-electron chi connectivity index (χ0n) is 10.8. The molecule has 2 N–H and O–H groups in total. The van der Waals surface area contributed by atoms with E-state index in [0.29, 0.717) is 6.04 Å². The summed E-state index contributed by atoms with van der Waals surface area (Å²) in [6.45, 7) is 2.22. The quantitative estimate of drug-likeness (QED) is 0.820. The fourth-order valence-electron chi connectivity index (χ4n) is 1.92. The molecule has 2 aromatic rings. The van der Waals surface area contributed by atoms with Gasteiger partial charge in [0, 0.05) is 29.9 Å². The summed E-state index contributed by atoms with van der Waals surface area (Å²) >= 11 is 1.81. The predicted octanol–water partition coefficient (Wildman–Crippen LogP) is 4.14. The van der Waals surface area contributed by atoms with Gasteiger partial charge in [-0.05, 0) is 23.9 Å². The molecule has 0 spiro atoms. The highest BCUT2D eigenvalue weighted by Gasteiger charge is 2.11. The largest absolute Gasteiger partial charge is 0.377 e. The van der Waals surface area contributed by atoms with Gasteiger partial charge < -0.3 is 10.6 Å². The molecule has 0 aliphatic carbocycles. The lowest BCUT2D eigenvalue weighted by molar-refractivity contribution is 0.687. The van der Waals surface area contributed by atoms with Crippen LogP contribution in [0.4, 0.5) is 11.5 Å². The SMILES string of the molecule is CCCC(Nc1ccnc(NC)c1)c1cccs1. The monoisotopic (exact) mass is 261 g/mol. The van der Waals surface area contributed by atoms with Crippen LogP contribution in [-0.2, 0) is 0 Å². The summed E-state index contributed by atoms with van der Waals surface area (Å²) in [5.74, 6) is 0.890. The van der Waals surface area contributed by atoms with Gasteiger partial charge in [-0.25, -0.2) is 4.98 Å². The summed E-state index contributed by atoms with van der Waals surface area (Å²) in [5.41, 5.74) is 1.11. The van der Waals surface area contributed by atoms with E-state index >= 15 is 0 Å². The first-order chi connectivity index (χ1) is 8.83. The van der Waals surface area contributed by atoms with E-state index in [9.17, 15) is 0 Å². The van der Waals surface area contributed by atoms with Crippen molar-refractivity contribution in [2.45, 2.75) is 25.8 Å². The fraction of sp³-hybridized carbons (Fsp3) is 0.357. The normalized spacial score (nSPS) is 12.1. The summed E-state index contributed by atoms with van der Waals surface area (Å²) in [6, 6.07) is 8.74. The van der Waals surface area contributed by atoms with Crippen molar-refractivity contribution in [1.82, 2.24) is 4.98 Å². The van der Waals surface area contributed by atoms with Gasteiger partial charge in [-0.3, -0.25) is 0 Å². The maximum Gasteiger partial charge on any atom is 0.127 e. The Morgan fingerprint density at radius 2 is 2.28 bits per heavy atom. The Hall–Kier alpha value is -1.55. The van der Waals surface area contributed by atoms with Gasteiger partial charge in [-0.1, -0.05) is 19.4 Å². The van der Waals surface area contributed by atoms with Gasteiger partial charge in [0.05, 0.1) is 6.04 Å². The highest BCUT2D eigenvalue weighted by atomic mass is 32.1. The number of hydrogen-bond donors (Lipinski definition) is 2. The molecule has 0 fully saturated rings. The van der Waals surface area contributed by atoms with Crippen LogP contribution in [0.15, 0.2) is 35.8 Å². The van der Waals surface area contributed by atoms with E-state index in [1.165, 1.54) is 11.3 Å². The highest BCUT2D eigenvalue weighted by molar-refractivity contribution is 7.10. The van der Waals surface area contributed by atoms with Gasteiger partial charge in [0.25, 0.3) is 0 Å². The number of thiophene rings is 1. The van der Waals surface area contributed by atoms with Crippen LogP contribution in [-0.4, -0.2) is 12.0 Å². The molecule has 0 aliphatic heterocycles. The van der Waals surface area contributed by atoms with Crippen LogP contribution in [0.1, 0.15) is 30.7 Å². The van der Waals surface area contributed by atoms with E-state index in [2.05, 4.69) is 40.1 Å². The zero-order valence-corrected chi connectivity index (χ0v) is 11.6. The lowest BCUT2D eigenvalue weighted by Gasteiger charge is -2.18. The minimum absolute atomic E-state index is 0.391. The number of nitrogens with one attached hydrogen (secondary N) is 2. The van der Waals surface area contributed by atoms with Crippen molar-refractivity contribution in [3.05, 3.63) is 40.7 Å². The first-order valence-corrected chi connectivity index (χ1v) is 7.15. The molecule has 3 nitrogen and oxygen atoms in total. The minimum Gasteiger partial charge on any atom is -0.377 e. The van der Waals surface area contributed by atoms with E-state index in [1.54, 1.807) is 11.3 Å². The van der Waals surface area contributed by atoms with Crippen molar-refractivity contribution >= 4 is 22.8 Å². The van der Waals surface area contributed by atoms with Gasteiger partial charge in [0.1, 0.15) is 5.82 Å². The minimum atomic E-state index is 0.391. The summed E-state index contributed by atoms with van der Waals surface area (Å²) in [4.78, 5) is 5.61. The maximum atomic E-state index is 4.23. The predicted molar refractivity (Wildman–Crippen MR) is 79.4 cm³/mol. The second-order valence-corrected chi connectivity index (χ2v) is 5.16. The third kappa shape index (κ3) is 3.23. The fourth-order valence-corrected chi connectivity index (χ4v) is 2.73. The third-order valence-electron chi connectivity index (χ3n) is 2.82. The summed E-state index contributed by atoms with van der Waals surface area (Å²) < 4.78 is 0. The number of hydrogen-bond acceptors (Lipinski definition) is 4.